The third-order valence-corrected chi connectivity index (χ3v) is 3.92. The first kappa shape index (κ1) is 14.8. The summed E-state index contributed by atoms with van der Waals surface area (Å²) in [6.45, 7) is 2.13. The molecule has 118 valence electrons. The van der Waals surface area contributed by atoms with Gasteiger partial charge in [-0.15, -0.1) is 0 Å². The summed E-state index contributed by atoms with van der Waals surface area (Å²) in [5, 5.41) is 12.5. The van der Waals surface area contributed by atoms with Gasteiger partial charge in [-0.05, 0) is 37.1 Å². The van der Waals surface area contributed by atoms with Gasteiger partial charge in [-0.1, -0.05) is 6.07 Å². The Morgan fingerprint density at radius 2 is 2.18 bits per heavy atom. The Labute approximate surface area is 127 Å². The molecule has 2 heterocycles. The number of nitrogens with one attached hydrogen (secondary N) is 3. The molecule has 3 rings (SSSR count). The highest BCUT2D eigenvalue weighted by atomic mass is 16.3. The van der Waals surface area contributed by atoms with Crippen LogP contribution in [-0.2, 0) is 11.3 Å². The fourth-order valence-electron chi connectivity index (χ4n) is 2.82. The summed E-state index contributed by atoms with van der Waals surface area (Å²) in [6.07, 6.45) is 1.41. The molecule has 0 aliphatic carbocycles. The number of hydrogen-bond acceptors (Lipinski definition) is 4. The van der Waals surface area contributed by atoms with Gasteiger partial charge in [0.2, 0.25) is 5.91 Å². The summed E-state index contributed by atoms with van der Waals surface area (Å²) in [5.74, 6) is -0.0586. The molecular formula is C15H20N4O3. The minimum absolute atomic E-state index is 0.0586. The van der Waals surface area contributed by atoms with Crippen molar-refractivity contribution in [2.75, 3.05) is 19.6 Å². The Morgan fingerprint density at radius 1 is 1.36 bits per heavy atom. The van der Waals surface area contributed by atoms with Crippen LogP contribution in [0.4, 0.5) is 0 Å². The van der Waals surface area contributed by atoms with Gasteiger partial charge in [0, 0.05) is 13.1 Å². The molecule has 1 aliphatic rings. The average Bonchev–Trinajstić information content (AvgIpc) is 2.84. The van der Waals surface area contributed by atoms with Crippen LogP contribution in [0.15, 0.2) is 23.0 Å². The van der Waals surface area contributed by atoms with Crippen LogP contribution < -0.4 is 11.0 Å². The first-order chi connectivity index (χ1) is 10.6. The molecule has 1 fully saturated rings. The van der Waals surface area contributed by atoms with Crippen LogP contribution in [0.3, 0.4) is 0 Å². The Balaban J connectivity index is 1.54. The van der Waals surface area contributed by atoms with Crippen LogP contribution in [0.5, 0.6) is 0 Å². The second-order valence-electron chi connectivity index (χ2n) is 5.77. The molecule has 1 aromatic carbocycles. The van der Waals surface area contributed by atoms with Crippen molar-refractivity contribution >= 4 is 16.9 Å². The maximum absolute atomic E-state index is 12.0. The highest BCUT2D eigenvalue weighted by Gasteiger charge is 2.19. The van der Waals surface area contributed by atoms with E-state index in [-0.39, 0.29) is 17.7 Å². The van der Waals surface area contributed by atoms with E-state index in [4.69, 9.17) is 0 Å². The number of fused-ring (bicyclic) bond motifs is 1. The number of likely N-dealkylation sites (tertiary alicyclic amines) is 1. The molecule has 7 heteroatoms. The molecule has 7 nitrogen and oxygen atoms in total. The second-order valence-corrected chi connectivity index (χ2v) is 5.77. The first-order valence-corrected chi connectivity index (χ1v) is 7.48. The number of aromatic amines is 2. The van der Waals surface area contributed by atoms with Crippen molar-refractivity contribution < 1.29 is 9.90 Å². The first-order valence-electron chi connectivity index (χ1n) is 7.48. The second kappa shape index (κ2) is 6.33. The van der Waals surface area contributed by atoms with Gasteiger partial charge in [0.05, 0.1) is 23.7 Å². The minimum Gasteiger partial charge on any atom is -0.392 e. The van der Waals surface area contributed by atoms with Gasteiger partial charge in [0.15, 0.2) is 0 Å². The van der Waals surface area contributed by atoms with Gasteiger partial charge in [-0.3, -0.25) is 9.69 Å². The smallest absolute Gasteiger partial charge is 0.323 e. The summed E-state index contributed by atoms with van der Waals surface area (Å²) in [5.41, 5.74) is 2.17. The van der Waals surface area contributed by atoms with Crippen LogP contribution in [-0.4, -0.2) is 51.6 Å². The molecule has 22 heavy (non-hydrogen) atoms. The monoisotopic (exact) mass is 304 g/mol. The zero-order chi connectivity index (χ0) is 15.5. The van der Waals surface area contributed by atoms with Gasteiger partial charge >= 0.3 is 5.69 Å². The maximum atomic E-state index is 12.0. The molecule has 1 atom stereocenters. The quantitative estimate of drug-likeness (QED) is 0.635. The third kappa shape index (κ3) is 3.55. The number of rotatable bonds is 4. The van der Waals surface area contributed by atoms with E-state index in [9.17, 15) is 14.7 Å². The lowest BCUT2D eigenvalue weighted by Gasteiger charge is -2.29. The molecule has 1 saturated heterocycles. The molecule has 0 saturated carbocycles. The maximum Gasteiger partial charge on any atom is 0.323 e. The van der Waals surface area contributed by atoms with Crippen molar-refractivity contribution in [2.45, 2.75) is 25.5 Å². The average molecular weight is 304 g/mol. The molecule has 0 radical (unpaired) electrons. The number of imidazole rings is 1. The number of piperidine rings is 1. The number of carbonyl (C=O) groups excluding carboxylic acids is 1. The van der Waals surface area contributed by atoms with Crippen LogP contribution in [0.25, 0.3) is 11.0 Å². The van der Waals surface area contributed by atoms with Gasteiger partial charge in [0.25, 0.3) is 0 Å². The van der Waals surface area contributed by atoms with E-state index in [0.29, 0.717) is 19.6 Å². The van der Waals surface area contributed by atoms with E-state index in [1.54, 1.807) is 0 Å². The summed E-state index contributed by atoms with van der Waals surface area (Å²) in [7, 11) is 0. The number of nitrogens with zero attached hydrogens (tertiary/aromatic N) is 1. The molecule has 1 amide bonds. The summed E-state index contributed by atoms with van der Waals surface area (Å²) < 4.78 is 0. The molecule has 0 spiro atoms. The number of β-amino-alcohol motifs (C(OH)–C–C–N with tert-alkyl or cyclic N) is 1. The number of aliphatic hydroxyl groups excluding tert-OH is 1. The van der Waals surface area contributed by atoms with Gasteiger partial charge in [-0.25, -0.2) is 4.79 Å². The van der Waals surface area contributed by atoms with E-state index >= 15 is 0 Å². The molecular weight excluding hydrogens is 284 g/mol. The third-order valence-electron chi connectivity index (χ3n) is 3.92. The number of aliphatic hydroxyl groups is 1. The predicted molar refractivity (Wildman–Crippen MR) is 82.4 cm³/mol. The highest BCUT2D eigenvalue weighted by molar-refractivity contribution is 5.78. The van der Waals surface area contributed by atoms with Crippen LogP contribution in [0, 0.1) is 0 Å². The van der Waals surface area contributed by atoms with Crippen molar-refractivity contribution in [3.8, 4) is 0 Å². The lowest BCUT2D eigenvalue weighted by atomic mass is 10.1. The number of hydrogen-bond donors (Lipinski definition) is 4. The standard InChI is InChI=1S/C15H20N4O3/c20-11-2-1-5-19(8-11)9-14(21)16-7-10-3-4-12-13(6-10)18-15(22)17-12/h3-4,6,11,20H,1-2,5,7-9H2,(H,16,21)(H2,17,18,22). The van der Waals surface area contributed by atoms with Gasteiger partial charge in [-0.2, -0.15) is 0 Å². The summed E-state index contributed by atoms with van der Waals surface area (Å²) >= 11 is 0. The number of benzene rings is 1. The minimum atomic E-state index is -0.325. The van der Waals surface area contributed by atoms with E-state index < -0.39 is 0 Å². The van der Waals surface area contributed by atoms with Crippen molar-refractivity contribution in [3.63, 3.8) is 0 Å². The molecule has 1 unspecified atom stereocenters. The number of amides is 1. The Morgan fingerprint density at radius 3 is 3.00 bits per heavy atom. The zero-order valence-corrected chi connectivity index (χ0v) is 12.3. The van der Waals surface area contributed by atoms with Gasteiger partial charge < -0.3 is 20.4 Å². The summed E-state index contributed by atoms with van der Waals surface area (Å²) in [6, 6.07) is 5.53. The molecule has 2 aromatic rings. The fourth-order valence-corrected chi connectivity index (χ4v) is 2.82. The molecule has 1 aliphatic heterocycles. The SMILES string of the molecule is O=C(CN1CCCC(O)C1)NCc1ccc2[nH]c(=O)[nH]c2c1. The zero-order valence-electron chi connectivity index (χ0n) is 12.3. The number of H-pyrrole nitrogens is 2. The predicted octanol–water partition coefficient (Wildman–Crippen LogP) is -0.0709. The highest BCUT2D eigenvalue weighted by Crippen LogP contribution is 2.11. The van der Waals surface area contributed by atoms with Crippen molar-refractivity contribution in [2.24, 2.45) is 0 Å². The normalized spacial score (nSPS) is 19.4. The molecule has 0 bridgehead atoms. The topological polar surface area (TPSA) is 101 Å². The van der Waals surface area contributed by atoms with E-state index in [2.05, 4.69) is 15.3 Å². The number of aromatic nitrogens is 2. The Bertz CT molecular complexity index is 721. The van der Waals surface area contributed by atoms with Crippen LogP contribution >= 0.6 is 0 Å². The lowest BCUT2D eigenvalue weighted by Crippen LogP contribution is -2.44. The van der Waals surface area contributed by atoms with Gasteiger partial charge in [0.1, 0.15) is 0 Å². The van der Waals surface area contributed by atoms with Crippen molar-refractivity contribution in [1.82, 2.24) is 20.2 Å². The fraction of sp³-hybridized carbons (Fsp3) is 0.467. The van der Waals surface area contributed by atoms with Crippen LogP contribution in [0.2, 0.25) is 0 Å². The molecule has 1 aromatic heterocycles. The van der Waals surface area contributed by atoms with Crippen molar-refractivity contribution in [3.05, 3.63) is 34.2 Å². The van der Waals surface area contributed by atoms with Crippen molar-refractivity contribution in [1.29, 1.82) is 0 Å². The van der Waals surface area contributed by atoms with E-state index in [1.165, 1.54) is 0 Å². The summed E-state index contributed by atoms with van der Waals surface area (Å²) in [4.78, 5) is 30.5. The Hall–Kier alpha value is -2.12. The van der Waals surface area contributed by atoms with Crippen LogP contribution in [0.1, 0.15) is 18.4 Å². The van der Waals surface area contributed by atoms with E-state index in [0.717, 1.165) is 36.0 Å². The lowest BCUT2D eigenvalue weighted by molar-refractivity contribution is -0.123. The largest absolute Gasteiger partial charge is 0.392 e. The molecule has 4 N–H and O–H groups in total. The Kier molecular flexibility index (Phi) is 4.26. The number of carbonyl (C=O) groups is 1. The van der Waals surface area contributed by atoms with E-state index in [1.807, 2.05) is 23.1 Å².